The molecule has 1 aliphatic heterocycles. The lowest BCUT2D eigenvalue weighted by molar-refractivity contribution is -0.117. The third-order valence-corrected chi connectivity index (χ3v) is 5.40. The molecule has 0 radical (unpaired) electrons. The average Bonchev–Trinajstić information content (AvgIpc) is 2.76. The summed E-state index contributed by atoms with van der Waals surface area (Å²) >= 11 is 10.2. The van der Waals surface area contributed by atoms with Gasteiger partial charge in [0.15, 0.2) is 0 Å². The summed E-state index contributed by atoms with van der Waals surface area (Å²) in [6, 6.07) is 12.1. The quantitative estimate of drug-likeness (QED) is 0.713. The van der Waals surface area contributed by atoms with E-state index in [-0.39, 0.29) is 11.3 Å². The molecule has 1 heterocycles. The molecule has 2 aromatic rings. The number of amides is 1. The highest BCUT2D eigenvalue weighted by Crippen LogP contribution is 2.37. The van der Waals surface area contributed by atoms with Crippen LogP contribution in [0.1, 0.15) is 27.6 Å². The number of nitrogens with zero attached hydrogens (tertiary/aromatic N) is 1. The summed E-state index contributed by atoms with van der Waals surface area (Å²) in [5, 5.41) is -0.214. The van der Waals surface area contributed by atoms with E-state index in [4.69, 9.17) is 11.6 Å². The van der Waals surface area contributed by atoms with Gasteiger partial charge in [-0.1, -0.05) is 40.2 Å². The van der Waals surface area contributed by atoms with Gasteiger partial charge in [0.05, 0.1) is 11.8 Å². The molecule has 2 nitrogen and oxygen atoms in total. The highest BCUT2D eigenvalue weighted by atomic mass is 79.9. The van der Waals surface area contributed by atoms with Crippen LogP contribution in [0.5, 0.6) is 0 Å². The Bertz CT molecular complexity index is 729. The van der Waals surface area contributed by atoms with Gasteiger partial charge < -0.3 is 4.90 Å². The minimum absolute atomic E-state index is 0.131. The van der Waals surface area contributed by atoms with Crippen molar-refractivity contribution in [3.05, 3.63) is 63.1 Å². The zero-order chi connectivity index (χ0) is 15.1. The van der Waals surface area contributed by atoms with Gasteiger partial charge in [-0.3, -0.25) is 4.79 Å². The van der Waals surface area contributed by atoms with Gasteiger partial charge in [-0.15, -0.1) is 11.6 Å². The van der Waals surface area contributed by atoms with Gasteiger partial charge in [-0.25, -0.2) is 0 Å². The van der Waals surface area contributed by atoms with Crippen molar-refractivity contribution in [3.8, 4) is 0 Å². The molecule has 1 unspecified atom stereocenters. The van der Waals surface area contributed by atoms with Crippen LogP contribution in [0, 0.1) is 6.92 Å². The lowest BCUT2D eigenvalue weighted by atomic mass is 9.98. The molecular formula is C17H15BrClNO. The molecule has 1 aliphatic rings. The first-order chi connectivity index (χ1) is 9.99. The second kappa shape index (κ2) is 5.47. The summed E-state index contributed by atoms with van der Waals surface area (Å²) in [6.07, 6.45) is 0.459. The molecule has 3 rings (SSSR count). The van der Waals surface area contributed by atoms with Crippen LogP contribution in [0.2, 0.25) is 0 Å². The Morgan fingerprint density at radius 1 is 1.29 bits per heavy atom. The topological polar surface area (TPSA) is 20.3 Å². The van der Waals surface area contributed by atoms with Gasteiger partial charge in [-0.05, 0) is 41.3 Å². The monoisotopic (exact) mass is 363 g/mol. The standard InChI is InChI=1S/C17H15BrClNO/c1-10-13(4-3-5-14(10)18)17(19)11-6-7-15-12(8-11)9-16(21)20(15)2/h3-8,17H,9H2,1-2H3. The number of benzene rings is 2. The number of alkyl halides is 1. The summed E-state index contributed by atoms with van der Waals surface area (Å²) in [6.45, 7) is 2.06. The first-order valence-electron chi connectivity index (χ1n) is 6.77. The Morgan fingerprint density at radius 2 is 2.05 bits per heavy atom. The molecule has 0 N–H and O–H groups in total. The normalized spacial score (nSPS) is 15.2. The van der Waals surface area contributed by atoms with Crippen LogP contribution in [0.15, 0.2) is 40.9 Å². The molecule has 2 aromatic carbocycles. The maximum atomic E-state index is 11.8. The molecule has 0 bridgehead atoms. The van der Waals surface area contributed by atoms with Gasteiger partial charge in [0, 0.05) is 17.2 Å². The van der Waals surface area contributed by atoms with E-state index in [0.29, 0.717) is 6.42 Å². The molecule has 0 saturated heterocycles. The number of hydrogen-bond donors (Lipinski definition) is 0. The molecule has 0 aliphatic carbocycles. The number of likely N-dealkylation sites (N-methyl/N-ethyl adjacent to an activating group) is 1. The lowest BCUT2D eigenvalue weighted by Gasteiger charge is -2.16. The van der Waals surface area contributed by atoms with Crippen molar-refractivity contribution in [2.24, 2.45) is 0 Å². The zero-order valence-electron chi connectivity index (χ0n) is 11.9. The molecule has 0 spiro atoms. The molecular weight excluding hydrogens is 350 g/mol. The molecule has 0 fully saturated rings. The third kappa shape index (κ3) is 2.49. The van der Waals surface area contributed by atoms with Crippen LogP contribution in [-0.4, -0.2) is 13.0 Å². The zero-order valence-corrected chi connectivity index (χ0v) is 14.2. The van der Waals surface area contributed by atoms with E-state index in [1.165, 1.54) is 0 Å². The molecule has 0 aromatic heterocycles. The van der Waals surface area contributed by atoms with Crippen LogP contribution < -0.4 is 4.90 Å². The van der Waals surface area contributed by atoms with E-state index < -0.39 is 0 Å². The summed E-state index contributed by atoms with van der Waals surface area (Å²) in [5.74, 6) is 0.131. The second-order valence-corrected chi connectivity index (χ2v) is 6.63. The molecule has 4 heteroatoms. The van der Waals surface area contributed by atoms with Gasteiger partial charge in [0.1, 0.15) is 0 Å². The number of carbonyl (C=O) groups excluding carboxylic acids is 1. The highest BCUT2D eigenvalue weighted by molar-refractivity contribution is 9.10. The van der Waals surface area contributed by atoms with Crippen LogP contribution in [-0.2, 0) is 11.2 Å². The first-order valence-corrected chi connectivity index (χ1v) is 8.00. The molecule has 21 heavy (non-hydrogen) atoms. The Kier molecular flexibility index (Phi) is 3.80. The molecule has 1 atom stereocenters. The van der Waals surface area contributed by atoms with E-state index in [1.54, 1.807) is 4.90 Å². The summed E-state index contributed by atoms with van der Waals surface area (Å²) < 4.78 is 1.06. The maximum absolute atomic E-state index is 11.8. The van der Waals surface area contributed by atoms with E-state index in [2.05, 4.69) is 28.9 Å². The fraction of sp³-hybridized carbons (Fsp3) is 0.235. The van der Waals surface area contributed by atoms with Crippen molar-refractivity contribution in [1.82, 2.24) is 0 Å². The van der Waals surface area contributed by atoms with E-state index in [0.717, 1.165) is 32.4 Å². The number of halogens is 2. The summed E-state index contributed by atoms with van der Waals surface area (Å²) in [5.41, 5.74) is 5.30. The molecule has 0 saturated carbocycles. The predicted octanol–water partition coefficient (Wildman–Crippen LogP) is 4.60. The van der Waals surface area contributed by atoms with Crippen LogP contribution in [0.25, 0.3) is 0 Å². The molecule has 1 amide bonds. The van der Waals surface area contributed by atoms with Crippen molar-refractivity contribution >= 4 is 39.1 Å². The van der Waals surface area contributed by atoms with Gasteiger partial charge >= 0.3 is 0 Å². The fourth-order valence-electron chi connectivity index (χ4n) is 2.73. The lowest BCUT2D eigenvalue weighted by Crippen LogP contribution is -2.20. The summed E-state index contributed by atoms with van der Waals surface area (Å²) in [4.78, 5) is 13.5. The van der Waals surface area contributed by atoms with Gasteiger partial charge in [0.25, 0.3) is 0 Å². The van der Waals surface area contributed by atoms with Gasteiger partial charge in [-0.2, -0.15) is 0 Å². The minimum Gasteiger partial charge on any atom is -0.315 e. The SMILES string of the molecule is Cc1c(Br)cccc1C(Cl)c1ccc2c(c1)CC(=O)N2C. The average molecular weight is 365 g/mol. The fourth-order valence-corrected chi connectivity index (χ4v) is 3.48. The van der Waals surface area contributed by atoms with Crippen LogP contribution >= 0.6 is 27.5 Å². The minimum atomic E-state index is -0.214. The summed E-state index contributed by atoms with van der Waals surface area (Å²) in [7, 11) is 1.81. The van der Waals surface area contributed by atoms with E-state index in [1.807, 2.05) is 37.4 Å². The van der Waals surface area contributed by atoms with Crippen molar-refractivity contribution in [2.75, 3.05) is 11.9 Å². The predicted molar refractivity (Wildman–Crippen MR) is 90.1 cm³/mol. The van der Waals surface area contributed by atoms with Gasteiger partial charge in [0.2, 0.25) is 5.91 Å². The largest absolute Gasteiger partial charge is 0.315 e. The van der Waals surface area contributed by atoms with Crippen molar-refractivity contribution < 1.29 is 4.79 Å². The van der Waals surface area contributed by atoms with Crippen molar-refractivity contribution in [2.45, 2.75) is 18.7 Å². The highest BCUT2D eigenvalue weighted by Gasteiger charge is 2.25. The van der Waals surface area contributed by atoms with Crippen LogP contribution in [0.4, 0.5) is 5.69 Å². The number of anilines is 1. The van der Waals surface area contributed by atoms with Crippen LogP contribution in [0.3, 0.4) is 0 Å². The first kappa shape index (κ1) is 14.6. The number of carbonyl (C=O) groups is 1. The Balaban J connectivity index is 2.00. The Labute approximate surface area is 137 Å². The van der Waals surface area contributed by atoms with E-state index >= 15 is 0 Å². The molecule has 108 valence electrons. The second-order valence-electron chi connectivity index (χ2n) is 5.33. The number of hydrogen-bond acceptors (Lipinski definition) is 1. The third-order valence-electron chi connectivity index (χ3n) is 4.06. The number of rotatable bonds is 2. The van der Waals surface area contributed by atoms with Crippen molar-refractivity contribution in [3.63, 3.8) is 0 Å². The maximum Gasteiger partial charge on any atom is 0.231 e. The Morgan fingerprint density at radius 3 is 2.81 bits per heavy atom. The Hall–Kier alpha value is -1.32. The number of fused-ring (bicyclic) bond motifs is 1. The van der Waals surface area contributed by atoms with E-state index in [9.17, 15) is 4.79 Å². The smallest absolute Gasteiger partial charge is 0.231 e. The van der Waals surface area contributed by atoms with Crippen molar-refractivity contribution in [1.29, 1.82) is 0 Å².